The summed E-state index contributed by atoms with van der Waals surface area (Å²) in [5, 5.41) is 11.4. The highest BCUT2D eigenvalue weighted by molar-refractivity contribution is 6.13. The number of likely N-dealkylation sites (N-methyl/N-ethyl adjacent to an activating group) is 1. The molecule has 0 radical (unpaired) electrons. The van der Waals surface area contributed by atoms with Crippen LogP contribution in [0.3, 0.4) is 0 Å². The van der Waals surface area contributed by atoms with Crippen LogP contribution in [0.4, 0.5) is 15.8 Å². The first-order valence-corrected chi connectivity index (χ1v) is 9.72. The summed E-state index contributed by atoms with van der Waals surface area (Å²) in [5.74, 6) is -1.51. The standard InChI is InChI=1S/C24H21FN2O3/c1-2-26(19-11-4-3-5-12-19)22(28)16-27-21-14-7-6-13-20(21)24(30,23(27)29)17-9-8-10-18(25)15-17/h3-15,30H,2,16H2,1H3/t24-/m1/s1. The molecular formula is C24H21FN2O3. The highest BCUT2D eigenvalue weighted by Crippen LogP contribution is 2.44. The molecule has 1 N–H and O–H groups in total. The van der Waals surface area contributed by atoms with Gasteiger partial charge in [-0.3, -0.25) is 14.5 Å². The van der Waals surface area contributed by atoms with Crippen LogP contribution >= 0.6 is 0 Å². The largest absolute Gasteiger partial charge is 0.372 e. The number of halogens is 1. The Hall–Kier alpha value is -3.51. The van der Waals surface area contributed by atoms with Crippen molar-refractivity contribution in [3.63, 3.8) is 0 Å². The monoisotopic (exact) mass is 404 g/mol. The van der Waals surface area contributed by atoms with Crippen molar-refractivity contribution < 1.29 is 19.1 Å². The van der Waals surface area contributed by atoms with E-state index in [1.54, 1.807) is 29.2 Å². The maximum Gasteiger partial charge on any atom is 0.268 e. The number of fused-ring (bicyclic) bond motifs is 1. The lowest BCUT2D eigenvalue weighted by Gasteiger charge is -2.26. The highest BCUT2D eigenvalue weighted by atomic mass is 19.1. The Morgan fingerprint density at radius 3 is 2.43 bits per heavy atom. The summed E-state index contributed by atoms with van der Waals surface area (Å²) in [6, 6.07) is 21.3. The maximum absolute atomic E-state index is 13.8. The van der Waals surface area contributed by atoms with Crippen molar-refractivity contribution in [3.8, 4) is 0 Å². The summed E-state index contributed by atoms with van der Waals surface area (Å²) in [5.41, 5.74) is -0.429. The first kappa shape index (κ1) is 19.8. The van der Waals surface area contributed by atoms with Gasteiger partial charge in [-0.1, -0.05) is 48.5 Å². The average Bonchev–Trinajstić information content (AvgIpc) is 2.98. The van der Waals surface area contributed by atoms with Gasteiger partial charge in [-0.05, 0) is 37.3 Å². The molecule has 0 fully saturated rings. The van der Waals surface area contributed by atoms with Crippen molar-refractivity contribution in [2.24, 2.45) is 0 Å². The van der Waals surface area contributed by atoms with E-state index in [1.807, 2.05) is 37.3 Å². The summed E-state index contributed by atoms with van der Waals surface area (Å²) >= 11 is 0. The van der Waals surface area contributed by atoms with Crippen LogP contribution in [-0.2, 0) is 15.2 Å². The third-order valence-electron chi connectivity index (χ3n) is 5.36. The Bertz CT molecular complexity index is 1100. The van der Waals surface area contributed by atoms with E-state index >= 15 is 0 Å². The van der Waals surface area contributed by atoms with E-state index in [0.29, 0.717) is 17.8 Å². The number of hydrogen-bond acceptors (Lipinski definition) is 3. The topological polar surface area (TPSA) is 60.9 Å². The molecule has 1 aliphatic rings. The lowest BCUT2D eigenvalue weighted by atomic mass is 9.87. The van der Waals surface area contributed by atoms with Crippen LogP contribution in [0.1, 0.15) is 18.1 Å². The fourth-order valence-corrected chi connectivity index (χ4v) is 3.92. The van der Waals surface area contributed by atoms with Gasteiger partial charge in [-0.2, -0.15) is 0 Å². The van der Waals surface area contributed by atoms with E-state index in [4.69, 9.17) is 0 Å². The molecule has 30 heavy (non-hydrogen) atoms. The fraction of sp³-hybridized carbons (Fsp3) is 0.167. The van der Waals surface area contributed by atoms with Crippen LogP contribution in [-0.4, -0.2) is 30.0 Å². The molecule has 0 spiro atoms. The summed E-state index contributed by atoms with van der Waals surface area (Å²) in [6.07, 6.45) is 0. The summed E-state index contributed by atoms with van der Waals surface area (Å²) < 4.78 is 13.8. The number of carbonyl (C=O) groups is 2. The van der Waals surface area contributed by atoms with E-state index in [-0.39, 0.29) is 18.0 Å². The van der Waals surface area contributed by atoms with Crippen LogP contribution in [0.15, 0.2) is 78.9 Å². The zero-order chi connectivity index (χ0) is 21.3. The smallest absolute Gasteiger partial charge is 0.268 e. The van der Waals surface area contributed by atoms with Gasteiger partial charge in [0.1, 0.15) is 12.4 Å². The van der Waals surface area contributed by atoms with Crippen molar-refractivity contribution in [1.29, 1.82) is 0 Å². The highest BCUT2D eigenvalue weighted by Gasteiger charge is 2.51. The van der Waals surface area contributed by atoms with Gasteiger partial charge in [-0.25, -0.2) is 4.39 Å². The van der Waals surface area contributed by atoms with Crippen LogP contribution in [0.25, 0.3) is 0 Å². The lowest BCUT2D eigenvalue weighted by Crippen LogP contribution is -2.46. The number of amides is 2. The van der Waals surface area contributed by atoms with Crippen LogP contribution in [0.2, 0.25) is 0 Å². The van der Waals surface area contributed by atoms with Crippen molar-refractivity contribution in [2.75, 3.05) is 22.9 Å². The van der Waals surface area contributed by atoms with Gasteiger partial charge in [0.15, 0.2) is 5.60 Å². The minimum atomic E-state index is -2.05. The first-order chi connectivity index (χ1) is 14.5. The van der Waals surface area contributed by atoms with Crippen LogP contribution in [0.5, 0.6) is 0 Å². The predicted molar refractivity (Wildman–Crippen MR) is 113 cm³/mol. The van der Waals surface area contributed by atoms with Crippen molar-refractivity contribution in [2.45, 2.75) is 12.5 Å². The molecular weight excluding hydrogens is 383 g/mol. The van der Waals surface area contributed by atoms with Crippen molar-refractivity contribution in [1.82, 2.24) is 0 Å². The normalized spacial score (nSPS) is 17.7. The molecule has 152 valence electrons. The number of para-hydroxylation sites is 2. The number of carbonyl (C=O) groups excluding carboxylic acids is 2. The van der Waals surface area contributed by atoms with Gasteiger partial charge in [0.2, 0.25) is 5.91 Å². The van der Waals surface area contributed by atoms with Gasteiger partial charge in [-0.15, -0.1) is 0 Å². The van der Waals surface area contributed by atoms with E-state index < -0.39 is 17.3 Å². The molecule has 0 saturated heterocycles. The Morgan fingerprint density at radius 1 is 1.03 bits per heavy atom. The molecule has 0 aliphatic carbocycles. The van der Waals surface area contributed by atoms with E-state index in [2.05, 4.69) is 0 Å². The maximum atomic E-state index is 13.8. The molecule has 0 unspecified atom stereocenters. The molecule has 3 aromatic carbocycles. The quantitative estimate of drug-likeness (QED) is 0.709. The number of nitrogens with zero attached hydrogens (tertiary/aromatic N) is 2. The van der Waals surface area contributed by atoms with Gasteiger partial charge >= 0.3 is 0 Å². The molecule has 0 aromatic heterocycles. The van der Waals surface area contributed by atoms with Crippen molar-refractivity contribution >= 4 is 23.2 Å². The third-order valence-corrected chi connectivity index (χ3v) is 5.36. The average molecular weight is 404 g/mol. The summed E-state index contributed by atoms with van der Waals surface area (Å²) in [7, 11) is 0. The molecule has 3 aromatic rings. The number of anilines is 2. The Kier molecular flexibility index (Phi) is 5.10. The van der Waals surface area contributed by atoms with E-state index in [9.17, 15) is 19.1 Å². The second-order valence-corrected chi connectivity index (χ2v) is 7.10. The van der Waals surface area contributed by atoms with E-state index in [1.165, 1.54) is 23.1 Å². The van der Waals surface area contributed by atoms with Gasteiger partial charge < -0.3 is 10.0 Å². The Morgan fingerprint density at radius 2 is 1.73 bits per heavy atom. The van der Waals surface area contributed by atoms with Crippen LogP contribution < -0.4 is 9.80 Å². The Balaban J connectivity index is 1.71. The molecule has 0 bridgehead atoms. The van der Waals surface area contributed by atoms with E-state index in [0.717, 1.165) is 11.8 Å². The zero-order valence-corrected chi connectivity index (χ0v) is 16.5. The number of benzene rings is 3. The molecule has 1 aliphatic heterocycles. The number of rotatable bonds is 5. The SMILES string of the molecule is CCN(C(=O)CN1C(=O)[C@@](O)(c2cccc(F)c2)c2ccccc21)c1ccccc1. The Labute approximate surface area is 174 Å². The minimum absolute atomic E-state index is 0.130. The zero-order valence-electron chi connectivity index (χ0n) is 16.5. The summed E-state index contributed by atoms with van der Waals surface area (Å²) in [4.78, 5) is 29.3. The molecule has 4 rings (SSSR count). The van der Waals surface area contributed by atoms with Crippen LogP contribution in [0, 0.1) is 5.82 Å². The molecule has 0 saturated carbocycles. The molecule has 6 heteroatoms. The predicted octanol–water partition coefficient (Wildman–Crippen LogP) is 3.46. The number of hydrogen-bond donors (Lipinski definition) is 1. The van der Waals surface area contributed by atoms with Crippen molar-refractivity contribution in [3.05, 3.63) is 95.8 Å². The molecule has 5 nitrogen and oxygen atoms in total. The lowest BCUT2D eigenvalue weighted by molar-refractivity contribution is -0.133. The van der Waals surface area contributed by atoms with Gasteiger partial charge in [0.05, 0.1) is 5.69 Å². The molecule has 2 amide bonds. The fourth-order valence-electron chi connectivity index (χ4n) is 3.92. The summed E-state index contributed by atoms with van der Waals surface area (Å²) in [6.45, 7) is 2.05. The number of aliphatic hydroxyl groups is 1. The third kappa shape index (κ3) is 3.15. The minimum Gasteiger partial charge on any atom is -0.372 e. The molecule has 1 heterocycles. The second-order valence-electron chi connectivity index (χ2n) is 7.10. The molecule has 1 atom stereocenters. The first-order valence-electron chi connectivity index (χ1n) is 9.72. The van der Waals surface area contributed by atoms with Gasteiger partial charge in [0.25, 0.3) is 5.91 Å². The van der Waals surface area contributed by atoms with Gasteiger partial charge in [0, 0.05) is 23.4 Å². The second kappa shape index (κ2) is 7.72.